The Bertz CT molecular complexity index is 111. The van der Waals surface area contributed by atoms with E-state index in [2.05, 4.69) is 5.32 Å². The summed E-state index contributed by atoms with van der Waals surface area (Å²) in [6.45, 7) is 2.83. The maximum absolute atomic E-state index is 8.60. The molecular formula is C11H23NO. The molecule has 0 bridgehead atoms. The summed E-state index contributed by atoms with van der Waals surface area (Å²) < 4.78 is 0. The van der Waals surface area contributed by atoms with Crippen LogP contribution in [0.1, 0.15) is 44.9 Å². The van der Waals surface area contributed by atoms with Crippen molar-refractivity contribution in [2.45, 2.75) is 44.9 Å². The van der Waals surface area contributed by atoms with Gasteiger partial charge in [-0.1, -0.05) is 19.3 Å². The Labute approximate surface area is 81.7 Å². The first kappa shape index (κ1) is 11.0. The largest absolute Gasteiger partial charge is 0.396 e. The molecule has 1 atom stereocenters. The number of unbranched alkanes of at least 4 members (excludes halogenated alkanes) is 3. The highest BCUT2D eigenvalue weighted by molar-refractivity contribution is 4.68. The van der Waals surface area contributed by atoms with Crippen molar-refractivity contribution in [2.75, 3.05) is 19.7 Å². The summed E-state index contributed by atoms with van der Waals surface area (Å²) in [7, 11) is 0. The van der Waals surface area contributed by atoms with Crippen LogP contribution in [0.5, 0.6) is 0 Å². The van der Waals surface area contributed by atoms with Crippen molar-refractivity contribution in [1.29, 1.82) is 0 Å². The van der Waals surface area contributed by atoms with E-state index >= 15 is 0 Å². The van der Waals surface area contributed by atoms with E-state index < -0.39 is 0 Å². The molecule has 1 rings (SSSR count). The van der Waals surface area contributed by atoms with Crippen LogP contribution in [-0.2, 0) is 0 Å². The third kappa shape index (κ3) is 5.27. The van der Waals surface area contributed by atoms with E-state index in [1.54, 1.807) is 0 Å². The maximum Gasteiger partial charge on any atom is 0.0431 e. The molecular weight excluding hydrogens is 162 g/mol. The summed E-state index contributed by atoms with van der Waals surface area (Å²) >= 11 is 0. The minimum atomic E-state index is 0.366. The standard InChI is InChI=1S/C11H23NO/c13-9-4-2-1-3-6-11-7-5-8-12-10-11/h11-13H,1-10H2. The SMILES string of the molecule is OCCCCCCC1CCCNC1. The molecule has 0 aromatic rings. The van der Waals surface area contributed by atoms with Gasteiger partial charge in [0.15, 0.2) is 0 Å². The van der Waals surface area contributed by atoms with Gasteiger partial charge in [0.05, 0.1) is 0 Å². The topological polar surface area (TPSA) is 32.3 Å². The third-order valence-electron chi connectivity index (χ3n) is 2.92. The number of rotatable bonds is 6. The number of aliphatic hydroxyl groups excluding tert-OH is 1. The maximum atomic E-state index is 8.60. The zero-order valence-electron chi connectivity index (χ0n) is 8.60. The second kappa shape index (κ2) is 7.34. The van der Waals surface area contributed by atoms with Gasteiger partial charge in [0.1, 0.15) is 0 Å². The smallest absolute Gasteiger partial charge is 0.0431 e. The summed E-state index contributed by atoms with van der Waals surface area (Å²) in [6, 6.07) is 0. The fourth-order valence-electron chi connectivity index (χ4n) is 2.07. The van der Waals surface area contributed by atoms with Crippen LogP contribution >= 0.6 is 0 Å². The van der Waals surface area contributed by atoms with Gasteiger partial charge in [-0.25, -0.2) is 0 Å². The molecule has 1 heterocycles. The molecule has 0 radical (unpaired) electrons. The molecule has 1 unspecified atom stereocenters. The van der Waals surface area contributed by atoms with Crippen molar-refractivity contribution in [2.24, 2.45) is 5.92 Å². The summed E-state index contributed by atoms with van der Waals surface area (Å²) in [5.41, 5.74) is 0. The molecule has 0 amide bonds. The van der Waals surface area contributed by atoms with Gasteiger partial charge in [0.2, 0.25) is 0 Å². The van der Waals surface area contributed by atoms with Crippen molar-refractivity contribution in [3.8, 4) is 0 Å². The molecule has 0 aromatic heterocycles. The number of hydrogen-bond acceptors (Lipinski definition) is 2. The van der Waals surface area contributed by atoms with Crippen LogP contribution < -0.4 is 5.32 Å². The van der Waals surface area contributed by atoms with Crippen LogP contribution in [0.25, 0.3) is 0 Å². The normalized spacial score (nSPS) is 23.3. The van der Waals surface area contributed by atoms with Crippen LogP contribution in [0.2, 0.25) is 0 Å². The van der Waals surface area contributed by atoms with Gasteiger partial charge in [-0.3, -0.25) is 0 Å². The van der Waals surface area contributed by atoms with Crippen molar-refractivity contribution in [3.05, 3.63) is 0 Å². The number of aliphatic hydroxyl groups is 1. The quantitative estimate of drug-likeness (QED) is 0.620. The molecule has 1 aliphatic heterocycles. The molecule has 0 saturated carbocycles. The zero-order valence-corrected chi connectivity index (χ0v) is 8.60. The lowest BCUT2D eigenvalue weighted by atomic mass is 9.93. The molecule has 0 aliphatic carbocycles. The van der Waals surface area contributed by atoms with Gasteiger partial charge < -0.3 is 10.4 Å². The van der Waals surface area contributed by atoms with E-state index in [0.717, 1.165) is 12.3 Å². The predicted molar refractivity (Wildman–Crippen MR) is 55.8 cm³/mol. The summed E-state index contributed by atoms with van der Waals surface area (Å²) in [5, 5.41) is 12.1. The molecule has 1 aliphatic rings. The van der Waals surface area contributed by atoms with E-state index in [1.165, 1.54) is 51.6 Å². The highest BCUT2D eigenvalue weighted by Crippen LogP contribution is 2.17. The van der Waals surface area contributed by atoms with Crippen molar-refractivity contribution in [3.63, 3.8) is 0 Å². The lowest BCUT2D eigenvalue weighted by Gasteiger charge is -2.22. The Hall–Kier alpha value is -0.0800. The average molecular weight is 185 g/mol. The van der Waals surface area contributed by atoms with Crippen LogP contribution in [0, 0.1) is 5.92 Å². The Morgan fingerprint density at radius 3 is 2.69 bits per heavy atom. The molecule has 78 valence electrons. The first-order chi connectivity index (χ1) is 6.43. The Morgan fingerprint density at radius 2 is 2.00 bits per heavy atom. The fraction of sp³-hybridized carbons (Fsp3) is 1.00. The van der Waals surface area contributed by atoms with Gasteiger partial charge in [-0.05, 0) is 44.7 Å². The van der Waals surface area contributed by atoms with Crippen molar-refractivity contribution < 1.29 is 5.11 Å². The molecule has 1 fully saturated rings. The van der Waals surface area contributed by atoms with E-state index in [4.69, 9.17) is 5.11 Å². The predicted octanol–water partition coefficient (Wildman–Crippen LogP) is 1.93. The van der Waals surface area contributed by atoms with E-state index in [9.17, 15) is 0 Å². The summed E-state index contributed by atoms with van der Waals surface area (Å²) in [6.07, 6.45) is 9.02. The number of piperidine rings is 1. The highest BCUT2D eigenvalue weighted by atomic mass is 16.2. The summed E-state index contributed by atoms with van der Waals surface area (Å²) in [5.74, 6) is 0.933. The molecule has 0 aromatic carbocycles. The number of hydrogen-bond donors (Lipinski definition) is 2. The minimum absolute atomic E-state index is 0.366. The molecule has 13 heavy (non-hydrogen) atoms. The lowest BCUT2D eigenvalue weighted by molar-refractivity contribution is 0.280. The van der Waals surface area contributed by atoms with E-state index in [-0.39, 0.29) is 0 Å². The fourth-order valence-corrected chi connectivity index (χ4v) is 2.07. The third-order valence-corrected chi connectivity index (χ3v) is 2.92. The Balaban J connectivity index is 1.86. The summed E-state index contributed by atoms with van der Waals surface area (Å²) in [4.78, 5) is 0. The van der Waals surface area contributed by atoms with Gasteiger partial charge in [-0.2, -0.15) is 0 Å². The first-order valence-electron chi connectivity index (χ1n) is 5.75. The Morgan fingerprint density at radius 1 is 1.15 bits per heavy atom. The molecule has 2 N–H and O–H groups in total. The second-order valence-corrected chi connectivity index (χ2v) is 4.14. The van der Waals surface area contributed by atoms with Gasteiger partial charge in [0, 0.05) is 6.61 Å². The zero-order chi connectivity index (χ0) is 9.36. The van der Waals surface area contributed by atoms with Crippen LogP contribution in [0.3, 0.4) is 0 Å². The van der Waals surface area contributed by atoms with Gasteiger partial charge in [-0.15, -0.1) is 0 Å². The second-order valence-electron chi connectivity index (χ2n) is 4.14. The molecule has 2 heteroatoms. The van der Waals surface area contributed by atoms with Crippen LogP contribution in [0.4, 0.5) is 0 Å². The van der Waals surface area contributed by atoms with Gasteiger partial charge in [0.25, 0.3) is 0 Å². The monoisotopic (exact) mass is 185 g/mol. The van der Waals surface area contributed by atoms with E-state index in [1.807, 2.05) is 0 Å². The van der Waals surface area contributed by atoms with Crippen LogP contribution in [0.15, 0.2) is 0 Å². The average Bonchev–Trinajstić information content (AvgIpc) is 2.19. The van der Waals surface area contributed by atoms with Crippen molar-refractivity contribution >= 4 is 0 Å². The van der Waals surface area contributed by atoms with Crippen molar-refractivity contribution in [1.82, 2.24) is 5.32 Å². The molecule has 1 saturated heterocycles. The number of nitrogens with one attached hydrogen (secondary N) is 1. The van der Waals surface area contributed by atoms with Gasteiger partial charge >= 0.3 is 0 Å². The highest BCUT2D eigenvalue weighted by Gasteiger charge is 2.11. The van der Waals surface area contributed by atoms with E-state index in [0.29, 0.717) is 6.61 Å². The molecule has 0 spiro atoms. The minimum Gasteiger partial charge on any atom is -0.396 e. The Kier molecular flexibility index (Phi) is 6.21. The lowest BCUT2D eigenvalue weighted by Crippen LogP contribution is -2.29. The first-order valence-corrected chi connectivity index (χ1v) is 5.75. The molecule has 2 nitrogen and oxygen atoms in total. The van der Waals surface area contributed by atoms with Crippen LogP contribution in [-0.4, -0.2) is 24.8 Å².